The first-order chi connectivity index (χ1) is 10.1. The van der Waals surface area contributed by atoms with Gasteiger partial charge in [-0.25, -0.2) is 4.98 Å². The molecule has 1 aromatic carbocycles. The fourth-order valence-electron chi connectivity index (χ4n) is 2.65. The SMILES string of the molecule is Cc1nc2cc(OC3CN(C[C@@H](C)O)CCN3)ccc2s1. The van der Waals surface area contributed by atoms with Gasteiger partial charge in [-0.3, -0.25) is 10.2 Å². The van der Waals surface area contributed by atoms with Gasteiger partial charge in [-0.05, 0) is 26.0 Å². The number of ether oxygens (including phenoxy) is 1. The van der Waals surface area contributed by atoms with E-state index in [1.165, 1.54) is 4.70 Å². The van der Waals surface area contributed by atoms with Gasteiger partial charge in [0.15, 0.2) is 6.23 Å². The fourth-order valence-corrected chi connectivity index (χ4v) is 3.46. The molecule has 2 atom stereocenters. The van der Waals surface area contributed by atoms with Gasteiger partial charge in [0.1, 0.15) is 5.75 Å². The highest BCUT2D eigenvalue weighted by atomic mass is 32.1. The summed E-state index contributed by atoms with van der Waals surface area (Å²) in [6.07, 6.45) is -0.354. The lowest BCUT2D eigenvalue weighted by molar-refractivity contribution is 0.0463. The third-order valence-electron chi connectivity index (χ3n) is 3.49. The molecule has 6 heteroatoms. The molecule has 0 spiro atoms. The van der Waals surface area contributed by atoms with Gasteiger partial charge >= 0.3 is 0 Å². The van der Waals surface area contributed by atoms with Crippen LogP contribution in [0, 0.1) is 6.92 Å². The molecule has 2 heterocycles. The molecule has 3 rings (SSSR count). The van der Waals surface area contributed by atoms with E-state index in [1.54, 1.807) is 11.3 Å². The second-order valence-electron chi connectivity index (χ2n) is 5.53. The van der Waals surface area contributed by atoms with Gasteiger partial charge in [0.05, 0.1) is 21.3 Å². The van der Waals surface area contributed by atoms with Crippen molar-refractivity contribution in [1.29, 1.82) is 0 Å². The number of aromatic nitrogens is 1. The van der Waals surface area contributed by atoms with E-state index in [1.807, 2.05) is 26.0 Å². The van der Waals surface area contributed by atoms with E-state index in [0.717, 1.165) is 35.9 Å². The summed E-state index contributed by atoms with van der Waals surface area (Å²) in [7, 11) is 0. The number of aliphatic hydroxyl groups excluding tert-OH is 1. The first kappa shape index (κ1) is 14.7. The van der Waals surface area contributed by atoms with Crippen molar-refractivity contribution in [3.05, 3.63) is 23.2 Å². The van der Waals surface area contributed by atoms with Crippen LogP contribution in [0.5, 0.6) is 5.75 Å². The summed E-state index contributed by atoms with van der Waals surface area (Å²) < 4.78 is 7.20. The Morgan fingerprint density at radius 3 is 3.24 bits per heavy atom. The van der Waals surface area contributed by atoms with E-state index in [0.29, 0.717) is 6.54 Å². The fraction of sp³-hybridized carbons (Fsp3) is 0.533. The van der Waals surface area contributed by atoms with Crippen molar-refractivity contribution in [2.24, 2.45) is 0 Å². The van der Waals surface area contributed by atoms with Crippen molar-refractivity contribution < 1.29 is 9.84 Å². The molecule has 0 radical (unpaired) electrons. The predicted molar refractivity (Wildman–Crippen MR) is 84.9 cm³/mol. The number of hydrogen-bond acceptors (Lipinski definition) is 6. The molecule has 1 saturated heterocycles. The number of aliphatic hydroxyl groups is 1. The Morgan fingerprint density at radius 2 is 2.43 bits per heavy atom. The minimum Gasteiger partial charge on any atom is -0.474 e. The quantitative estimate of drug-likeness (QED) is 0.898. The number of hydrogen-bond donors (Lipinski definition) is 2. The van der Waals surface area contributed by atoms with Crippen LogP contribution in [-0.2, 0) is 0 Å². The Labute approximate surface area is 128 Å². The Bertz CT molecular complexity index is 614. The van der Waals surface area contributed by atoms with Crippen LogP contribution >= 0.6 is 11.3 Å². The van der Waals surface area contributed by atoms with E-state index in [2.05, 4.69) is 21.3 Å². The maximum Gasteiger partial charge on any atom is 0.163 e. The molecule has 0 aliphatic carbocycles. The van der Waals surface area contributed by atoms with E-state index in [-0.39, 0.29) is 12.3 Å². The monoisotopic (exact) mass is 307 g/mol. The van der Waals surface area contributed by atoms with Gasteiger partial charge in [0.2, 0.25) is 0 Å². The lowest BCUT2D eigenvalue weighted by Gasteiger charge is -2.34. The molecular weight excluding hydrogens is 286 g/mol. The van der Waals surface area contributed by atoms with Gasteiger partial charge < -0.3 is 9.84 Å². The smallest absolute Gasteiger partial charge is 0.163 e. The number of nitrogens with zero attached hydrogens (tertiary/aromatic N) is 2. The highest BCUT2D eigenvalue weighted by Crippen LogP contribution is 2.26. The van der Waals surface area contributed by atoms with E-state index in [9.17, 15) is 5.11 Å². The van der Waals surface area contributed by atoms with Crippen molar-refractivity contribution in [1.82, 2.24) is 15.2 Å². The highest BCUT2D eigenvalue weighted by Gasteiger charge is 2.21. The van der Waals surface area contributed by atoms with E-state index in [4.69, 9.17) is 4.74 Å². The standard InChI is InChI=1S/C15H21N3O2S/c1-10(19)8-18-6-5-16-15(9-18)20-12-3-4-14-13(7-12)17-11(2)21-14/h3-4,7,10,15-16,19H,5-6,8-9H2,1-2H3/t10-,15?/m1/s1. The molecule has 0 saturated carbocycles. The first-order valence-electron chi connectivity index (χ1n) is 7.28. The minimum absolute atomic E-state index is 0.0466. The number of fused-ring (bicyclic) bond motifs is 1. The van der Waals surface area contributed by atoms with Crippen molar-refractivity contribution in [2.45, 2.75) is 26.2 Å². The molecule has 1 aliphatic heterocycles. The Morgan fingerprint density at radius 1 is 1.57 bits per heavy atom. The summed E-state index contributed by atoms with van der Waals surface area (Å²) in [5.41, 5.74) is 0.992. The maximum absolute atomic E-state index is 9.49. The summed E-state index contributed by atoms with van der Waals surface area (Å²) in [4.78, 5) is 6.72. The van der Waals surface area contributed by atoms with Gasteiger partial charge in [0, 0.05) is 32.2 Å². The zero-order chi connectivity index (χ0) is 14.8. The zero-order valence-electron chi connectivity index (χ0n) is 12.4. The van der Waals surface area contributed by atoms with Gasteiger partial charge in [0.25, 0.3) is 0 Å². The third-order valence-corrected chi connectivity index (χ3v) is 4.44. The molecule has 1 aromatic heterocycles. The molecule has 1 aliphatic rings. The largest absolute Gasteiger partial charge is 0.474 e. The van der Waals surface area contributed by atoms with Crippen molar-refractivity contribution in [3.63, 3.8) is 0 Å². The number of aryl methyl sites for hydroxylation is 1. The molecular formula is C15H21N3O2S. The second kappa shape index (κ2) is 6.27. The summed E-state index contributed by atoms with van der Waals surface area (Å²) in [5, 5.41) is 13.9. The van der Waals surface area contributed by atoms with Crippen LogP contribution in [0.3, 0.4) is 0 Å². The molecule has 21 heavy (non-hydrogen) atoms. The molecule has 1 unspecified atom stereocenters. The molecule has 2 aromatic rings. The highest BCUT2D eigenvalue weighted by molar-refractivity contribution is 7.18. The lowest BCUT2D eigenvalue weighted by Crippen LogP contribution is -2.54. The van der Waals surface area contributed by atoms with Crippen LogP contribution in [0.25, 0.3) is 10.2 Å². The normalized spacial score (nSPS) is 21.6. The number of nitrogens with one attached hydrogen (secondary N) is 1. The van der Waals surface area contributed by atoms with Crippen LogP contribution in [0.2, 0.25) is 0 Å². The Balaban J connectivity index is 1.66. The van der Waals surface area contributed by atoms with E-state index < -0.39 is 0 Å². The number of benzene rings is 1. The predicted octanol–water partition coefficient (Wildman–Crippen LogP) is 1.60. The van der Waals surface area contributed by atoms with Gasteiger partial charge in [-0.2, -0.15) is 0 Å². The topological polar surface area (TPSA) is 57.6 Å². The third kappa shape index (κ3) is 3.71. The van der Waals surface area contributed by atoms with Crippen LogP contribution in [-0.4, -0.2) is 53.5 Å². The van der Waals surface area contributed by atoms with Crippen molar-refractivity contribution in [3.8, 4) is 5.75 Å². The average molecular weight is 307 g/mol. The van der Waals surface area contributed by atoms with Crippen molar-refractivity contribution >= 4 is 21.6 Å². The number of thiazole rings is 1. The number of rotatable bonds is 4. The molecule has 0 bridgehead atoms. The molecule has 1 fully saturated rings. The summed E-state index contributed by atoms with van der Waals surface area (Å²) >= 11 is 1.70. The minimum atomic E-state index is -0.307. The summed E-state index contributed by atoms with van der Waals surface area (Å²) in [6, 6.07) is 6.05. The van der Waals surface area contributed by atoms with Crippen LogP contribution < -0.4 is 10.1 Å². The zero-order valence-corrected chi connectivity index (χ0v) is 13.2. The van der Waals surface area contributed by atoms with E-state index >= 15 is 0 Å². The number of piperazine rings is 1. The van der Waals surface area contributed by atoms with Crippen molar-refractivity contribution in [2.75, 3.05) is 26.2 Å². The molecule has 114 valence electrons. The molecule has 0 amide bonds. The number of β-amino-alcohol motifs (C(OH)–C–C–N with tert-alkyl or cyclic N) is 1. The first-order valence-corrected chi connectivity index (χ1v) is 8.09. The van der Waals surface area contributed by atoms with Crippen LogP contribution in [0.15, 0.2) is 18.2 Å². The maximum atomic E-state index is 9.49. The Hall–Kier alpha value is -1.21. The summed E-state index contributed by atoms with van der Waals surface area (Å²) in [6.45, 7) is 7.10. The second-order valence-corrected chi connectivity index (χ2v) is 6.77. The van der Waals surface area contributed by atoms with Gasteiger partial charge in [-0.15, -0.1) is 11.3 Å². The Kier molecular flexibility index (Phi) is 4.40. The average Bonchev–Trinajstić information content (AvgIpc) is 2.77. The molecule has 2 N–H and O–H groups in total. The van der Waals surface area contributed by atoms with Gasteiger partial charge in [-0.1, -0.05) is 0 Å². The molecule has 5 nitrogen and oxygen atoms in total. The van der Waals surface area contributed by atoms with Crippen LogP contribution in [0.4, 0.5) is 0 Å². The summed E-state index contributed by atoms with van der Waals surface area (Å²) in [5.74, 6) is 0.837. The van der Waals surface area contributed by atoms with Crippen LogP contribution in [0.1, 0.15) is 11.9 Å². The lowest BCUT2D eigenvalue weighted by atomic mass is 10.3.